The summed E-state index contributed by atoms with van der Waals surface area (Å²) in [4.78, 5) is 0. The van der Waals surface area contributed by atoms with Crippen molar-refractivity contribution in [3.63, 3.8) is 0 Å². The van der Waals surface area contributed by atoms with Crippen LogP contribution in [0.2, 0.25) is 0 Å². The summed E-state index contributed by atoms with van der Waals surface area (Å²) in [5.74, 6) is 1.88. The zero-order chi connectivity index (χ0) is 11.9. The van der Waals surface area contributed by atoms with Crippen LogP contribution in [0.3, 0.4) is 0 Å². The van der Waals surface area contributed by atoms with Gasteiger partial charge in [-0.3, -0.25) is 0 Å². The minimum Gasteiger partial charge on any atom is -0.103 e. The van der Waals surface area contributed by atoms with E-state index in [2.05, 4.69) is 30.9 Å². The molecule has 0 aliphatic heterocycles. The largest absolute Gasteiger partial charge is 0.103 e. The fourth-order valence-corrected chi connectivity index (χ4v) is 2.95. The molecule has 0 spiro atoms. The summed E-state index contributed by atoms with van der Waals surface area (Å²) in [7, 11) is 0. The third-order valence-electron chi connectivity index (χ3n) is 4.09. The summed E-state index contributed by atoms with van der Waals surface area (Å²) >= 11 is 0. The van der Waals surface area contributed by atoms with Crippen molar-refractivity contribution in [2.24, 2.45) is 11.8 Å². The van der Waals surface area contributed by atoms with E-state index >= 15 is 0 Å². The van der Waals surface area contributed by atoms with Crippen LogP contribution in [0.15, 0.2) is 36.9 Å². The maximum absolute atomic E-state index is 3.85. The lowest BCUT2D eigenvalue weighted by Crippen LogP contribution is -2.14. The van der Waals surface area contributed by atoms with Crippen LogP contribution in [0.25, 0.3) is 0 Å². The molecule has 2 rings (SSSR count). The molecule has 0 unspecified atom stereocenters. The van der Waals surface area contributed by atoms with Crippen molar-refractivity contribution in [1.82, 2.24) is 0 Å². The van der Waals surface area contributed by atoms with Gasteiger partial charge in [0.25, 0.3) is 0 Å². The van der Waals surface area contributed by atoms with Gasteiger partial charge in [0.05, 0.1) is 0 Å². The molecule has 0 N–H and O–H groups in total. The summed E-state index contributed by atoms with van der Waals surface area (Å²) in [5, 5.41) is 0. The van der Waals surface area contributed by atoms with E-state index in [4.69, 9.17) is 0 Å². The van der Waals surface area contributed by atoms with Crippen LogP contribution in [0, 0.1) is 17.9 Å². The topological polar surface area (TPSA) is 0 Å². The van der Waals surface area contributed by atoms with Gasteiger partial charge in [-0.05, 0) is 55.6 Å². The van der Waals surface area contributed by atoms with Gasteiger partial charge < -0.3 is 0 Å². The van der Waals surface area contributed by atoms with E-state index < -0.39 is 0 Å². The first kappa shape index (κ1) is 12.4. The lowest BCUT2D eigenvalue weighted by molar-refractivity contribution is 0.265. The van der Waals surface area contributed by atoms with Gasteiger partial charge in [0.2, 0.25) is 0 Å². The average Bonchev–Trinajstić information content (AvgIpc) is 2.40. The predicted molar refractivity (Wildman–Crippen MR) is 73.9 cm³/mol. The number of benzene rings is 1. The highest BCUT2D eigenvalue weighted by Gasteiger charge is 2.19. The Kier molecular flexibility index (Phi) is 4.85. The maximum Gasteiger partial charge on any atom is -0.0184 e. The number of allylic oxidation sites excluding steroid dienone is 1. The maximum atomic E-state index is 3.85. The van der Waals surface area contributed by atoms with Crippen molar-refractivity contribution in [2.75, 3.05) is 0 Å². The van der Waals surface area contributed by atoms with Crippen LogP contribution in [-0.2, 0) is 6.42 Å². The van der Waals surface area contributed by atoms with Gasteiger partial charge in [-0.1, -0.05) is 43.2 Å². The Bertz CT molecular complexity index is 317. The van der Waals surface area contributed by atoms with Crippen molar-refractivity contribution in [1.29, 1.82) is 0 Å². The highest BCUT2D eigenvalue weighted by molar-refractivity contribution is 5.13. The standard InChI is InChI=1S/C17H23/c1-2-6-15-9-12-17(13-10-15)14-11-16-7-4-3-5-8-16/h2,4-5,7-8,15,17H,1,6,9-14H2. The lowest BCUT2D eigenvalue weighted by atomic mass is 9.78. The molecule has 0 saturated heterocycles. The molecular formula is C17H23. The summed E-state index contributed by atoms with van der Waals surface area (Å²) in [6.45, 7) is 3.85. The second-order valence-electron chi connectivity index (χ2n) is 5.36. The number of aryl methyl sites for hydroxylation is 1. The molecule has 1 aliphatic carbocycles. The molecule has 0 amide bonds. The molecule has 1 fully saturated rings. The number of rotatable bonds is 5. The molecule has 0 heterocycles. The minimum absolute atomic E-state index is 0.926. The number of hydrogen-bond acceptors (Lipinski definition) is 0. The van der Waals surface area contributed by atoms with Gasteiger partial charge in [0, 0.05) is 0 Å². The zero-order valence-electron chi connectivity index (χ0n) is 10.7. The lowest BCUT2D eigenvalue weighted by Gasteiger charge is -2.27. The summed E-state index contributed by atoms with van der Waals surface area (Å²) in [6, 6.07) is 11.5. The molecule has 0 nitrogen and oxygen atoms in total. The molecule has 1 radical (unpaired) electrons. The summed E-state index contributed by atoms with van der Waals surface area (Å²) in [5.41, 5.74) is 1.47. The monoisotopic (exact) mass is 227 g/mol. The second-order valence-corrected chi connectivity index (χ2v) is 5.36. The quantitative estimate of drug-likeness (QED) is 0.634. The van der Waals surface area contributed by atoms with Crippen LogP contribution in [0.1, 0.15) is 44.1 Å². The van der Waals surface area contributed by atoms with Gasteiger partial charge >= 0.3 is 0 Å². The van der Waals surface area contributed by atoms with Crippen molar-refractivity contribution in [2.45, 2.75) is 44.9 Å². The van der Waals surface area contributed by atoms with E-state index in [9.17, 15) is 0 Å². The van der Waals surface area contributed by atoms with Gasteiger partial charge in [0.1, 0.15) is 0 Å². The Morgan fingerprint density at radius 2 is 1.76 bits per heavy atom. The molecule has 17 heavy (non-hydrogen) atoms. The van der Waals surface area contributed by atoms with Gasteiger partial charge in [-0.25, -0.2) is 0 Å². The van der Waals surface area contributed by atoms with Gasteiger partial charge in [-0.15, -0.1) is 6.58 Å². The first-order valence-corrected chi connectivity index (χ1v) is 6.94. The molecule has 1 aromatic carbocycles. The Hall–Kier alpha value is -1.04. The molecule has 0 bridgehead atoms. The van der Waals surface area contributed by atoms with Gasteiger partial charge in [0.15, 0.2) is 0 Å². The van der Waals surface area contributed by atoms with Crippen molar-refractivity contribution < 1.29 is 0 Å². The SMILES string of the molecule is C=CCC1CCC(CCc2cc[c]cc2)CC1. The molecular weight excluding hydrogens is 204 g/mol. The first-order chi connectivity index (χ1) is 8.38. The Balaban J connectivity index is 1.70. The smallest absolute Gasteiger partial charge is 0.0184 e. The molecule has 0 atom stereocenters. The summed E-state index contributed by atoms with van der Waals surface area (Å²) < 4.78 is 0. The Morgan fingerprint density at radius 1 is 1.12 bits per heavy atom. The second kappa shape index (κ2) is 6.64. The predicted octanol–water partition coefficient (Wildman–Crippen LogP) is 4.80. The Morgan fingerprint density at radius 3 is 2.41 bits per heavy atom. The van der Waals surface area contributed by atoms with Gasteiger partial charge in [-0.2, -0.15) is 0 Å². The number of hydrogen-bond donors (Lipinski definition) is 0. The fourth-order valence-electron chi connectivity index (χ4n) is 2.95. The van der Waals surface area contributed by atoms with Crippen LogP contribution in [-0.4, -0.2) is 0 Å². The average molecular weight is 227 g/mol. The third kappa shape index (κ3) is 4.03. The molecule has 91 valence electrons. The van der Waals surface area contributed by atoms with E-state index in [0.29, 0.717) is 0 Å². The fraction of sp³-hybridized carbons (Fsp3) is 0.529. The van der Waals surface area contributed by atoms with Crippen molar-refractivity contribution in [3.8, 4) is 0 Å². The molecule has 1 saturated carbocycles. The van der Waals surface area contributed by atoms with E-state index in [1.165, 1.54) is 50.5 Å². The highest BCUT2D eigenvalue weighted by Crippen LogP contribution is 2.33. The van der Waals surface area contributed by atoms with Crippen molar-refractivity contribution in [3.05, 3.63) is 48.6 Å². The first-order valence-electron chi connectivity index (χ1n) is 6.94. The molecule has 0 aromatic heterocycles. The minimum atomic E-state index is 0.926. The highest BCUT2D eigenvalue weighted by atomic mass is 14.2. The van der Waals surface area contributed by atoms with E-state index in [0.717, 1.165) is 11.8 Å². The molecule has 1 aliphatic rings. The van der Waals surface area contributed by atoms with Crippen LogP contribution in [0.4, 0.5) is 0 Å². The zero-order valence-corrected chi connectivity index (χ0v) is 10.7. The van der Waals surface area contributed by atoms with E-state index in [-0.39, 0.29) is 0 Å². The van der Waals surface area contributed by atoms with E-state index in [1.807, 2.05) is 12.1 Å². The van der Waals surface area contributed by atoms with Crippen LogP contribution < -0.4 is 0 Å². The Labute approximate surface area is 106 Å². The normalized spacial score (nSPS) is 24.5. The third-order valence-corrected chi connectivity index (χ3v) is 4.09. The van der Waals surface area contributed by atoms with Crippen LogP contribution in [0.5, 0.6) is 0 Å². The van der Waals surface area contributed by atoms with Crippen LogP contribution >= 0.6 is 0 Å². The summed E-state index contributed by atoms with van der Waals surface area (Å²) in [6.07, 6.45) is 11.6. The molecule has 1 aromatic rings. The molecule has 0 heteroatoms. The van der Waals surface area contributed by atoms with E-state index in [1.54, 1.807) is 0 Å². The van der Waals surface area contributed by atoms with Crippen molar-refractivity contribution >= 4 is 0 Å².